The molecular formula is C19H20N4O3. The van der Waals surface area contributed by atoms with Crippen LogP contribution in [0, 0.1) is 0 Å². The van der Waals surface area contributed by atoms with E-state index in [4.69, 9.17) is 4.74 Å². The minimum absolute atomic E-state index is 0.0477. The number of rotatable bonds is 3. The number of hydrogen-bond donors (Lipinski definition) is 2. The number of amides is 2. The number of carbonyl (C=O) groups is 2. The highest BCUT2D eigenvalue weighted by Crippen LogP contribution is 2.34. The second kappa shape index (κ2) is 6.25. The Morgan fingerprint density at radius 1 is 1.08 bits per heavy atom. The van der Waals surface area contributed by atoms with Crippen molar-refractivity contribution in [1.82, 2.24) is 0 Å². The van der Waals surface area contributed by atoms with Crippen molar-refractivity contribution in [2.75, 3.05) is 40.9 Å². The Balaban J connectivity index is 1.49. The largest absolute Gasteiger partial charge is 0.481 e. The van der Waals surface area contributed by atoms with E-state index in [1.165, 1.54) is 5.56 Å². The van der Waals surface area contributed by atoms with Gasteiger partial charge in [-0.15, -0.1) is 0 Å². The van der Waals surface area contributed by atoms with Gasteiger partial charge in [0.25, 0.3) is 5.91 Å². The molecule has 2 aromatic carbocycles. The van der Waals surface area contributed by atoms with E-state index in [1.807, 2.05) is 36.4 Å². The Morgan fingerprint density at radius 2 is 1.81 bits per heavy atom. The first-order valence-corrected chi connectivity index (χ1v) is 8.49. The molecule has 2 aromatic rings. The standard InChI is InChI=1S/C19H20N4O3/c1-12(24)23-8-7-13-3-4-14(9-17(13)23)20-21-15-5-6-16-18(10-15)26-11-19(25)22(16)2/h3-6,9-10,20-21H,7-8,11H2,1-2H3. The zero-order chi connectivity index (χ0) is 18.3. The molecule has 0 bridgehead atoms. The van der Waals surface area contributed by atoms with Crippen molar-refractivity contribution in [1.29, 1.82) is 0 Å². The van der Waals surface area contributed by atoms with Gasteiger partial charge in [0.2, 0.25) is 5.91 Å². The molecule has 0 fully saturated rings. The van der Waals surface area contributed by atoms with Crippen LogP contribution >= 0.6 is 0 Å². The zero-order valence-corrected chi connectivity index (χ0v) is 14.7. The molecule has 7 heteroatoms. The molecule has 2 N–H and O–H groups in total. The number of fused-ring (bicyclic) bond motifs is 2. The van der Waals surface area contributed by atoms with Crippen LogP contribution in [0.3, 0.4) is 0 Å². The number of anilines is 4. The lowest BCUT2D eigenvalue weighted by molar-refractivity contribution is -0.121. The quantitative estimate of drug-likeness (QED) is 0.830. The predicted molar refractivity (Wildman–Crippen MR) is 101 cm³/mol. The Hall–Kier alpha value is -3.22. The third-order valence-corrected chi connectivity index (χ3v) is 4.76. The van der Waals surface area contributed by atoms with Gasteiger partial charge in [-0.05, 0) is 36.2 Å². The molecule has 26 heavy (non-hydrogen) atoms. The van der Waals surface area contributed by atoms with Crippen LogP contribution in [0.2, 0.25) is 0 Å². The fourth-order valence-electron chi connectivity index (χ4n) is 3.28. The number of nitrogens with one attached hydrogen (secondary N) is 2. The van der Waals surface area contributed by atoms with E-state index in [1.54, 1.807) is 23.8 Å². The fraction of sp³-hybridized carbons (Fsp3) is 0.263. The van der Waals surface area contributed by atoms with Crippen LogP contribution in [-0.2, 0) is 16.0 Å². The number of hydrogen-bond acceptors (Lipinski definition) is 5. The lowest BCUT2D eigenvalue weighted by Crippen LogP contribution is -2.35. The summed E-state index contributed by atoms with van der Waals surface area (Å²) in [5.41, 5.74) is 10.9. The summed E-state index contributed by atoms with van der Waals surface area (Å²) >= 11 is 0. The molecule has 0 saturated carbocycles. The molecule has 0 unspecified atom stereocenters. The molecular weight excluding hydrogens is 332 g/mol. The fourth-order valence-corrected chi connectivity index (χ4v) is 3.28. The number of nitrogens with zero attached hydrogens (tertiary/aromatic N) is 2. The summed E-state index contributed by atoms with van der Waals surface area (Å²) in [7, 11) is 1.74. The summed E-state index contributed by atoms with van der Waals surface area (Å²) in [5, 5.41) is 0. The second-order valence-corrected chi connectivity index (χ2v) is 6.44. The number of benzene rings is 2. The van der Waals surface area contributed by atoms with Crippen LogP contribution < -0.4 is 25.4 Å². The van der Waals surface area contributed by atoms with Crippen molar-refractivity contribution in [3.8, 4) is 5.75 Å². The van der Waals surface area contributed by atoms with E-state index in [0.717, 1.165) is 35.7 Å². The number of carbonyl (C=O) groups excluding carboxylic acids is 2. The second-order valence-electron chi connectivity index (χ2n) is 6.44. The highest BCUT2D eigenvalue weighted by molar-refractivity contribution is 5.97. The van der Waals surface area contributed by atoms with Gasteiger partial charge in [-0.1, -0.05) is 6.07 Å². The maximum Gasteiger partial charge on any atom is 0.264 e. The molecule has 134 valence electrons. The Bertz CT molecular complexity index is 896. The average molecular weight is 352 g/mol. The molecule has 7 nitrogen and oxygen atoms in total. The highest BCUT2D eigenvalue weighted by atomic mass is 16.5. The number of hydrazine groups is 1. The van der Waals surface area contributed by atoms with Gasteiger partial charge in [-0.3, -0.25) is 9.59 Å². The predicted octanol–water partition coefficient (Wildman–Crippen LogP) is 2.39. The van der Waals surface area contributed by atoms with Crippen molar-refractivity contribution in [3.05, 3.63) is 42.0 Å². The average Bonchev–Trinajstić information content (AvgIpc) is 3.06. The van der Waals surface area contributed by atoms with Gasteiger partial charge in [-0.25, -0.2) is 0 Å². The van der Waals surface area contributed by atoms with Gasteiger partial charge in [0.1, 0.15) is 5.75 Å². The Kier molecular flexibility index (Phi) is 3.91. The molecule has 0 spiro atoms. The minimum Gasteiger partial charge on any atom is -0.481 e. The first-order valence-electron chi connectivity index (χ1n) is 8.49. The first-order chi connectivity index (χ1) is 12.5. The van der Waals surface area contributed by atoms with Gasteiger partial charge in [0.05, 0.1) is 17.1 Å². The summed E-state index contributed by atoms with van der Waals surface area (Å²) in [6.45, 7) is 2.37. The van der Waals surface area contributed by atoms with E-state index in [2.05, 4.69) is 10.9 Å². The minimum atomic E-state index is -0.0653. The van der Waals surface area contributed by atoms with E-state index >= 15 is 0 Å². The number of likely N-dealkylation sites (N-methyl/N-ethyl adjacent to an activating group) is 1. The van der Waals surface area contributed by atoms with Gasteiger partial charge in [0.15, 0.2) is 6.61 Å². The summed E-state index contributed by atoms with van der Waals surface area (Å²) < 4.78 is 5.50. The van der Waals surface area contributed by atoms with E-state index < -0.39 is 0 Å². The highest BCUT2D eigenvalue weighted by Gasteiger charge is 2.23. The van der Waals surface area contributed by atoms with Crippen LogP contribution in [0.5, 0.6) is 5.75 Å². The Labute approximate surface area is 151 Å². The molecule has 2 heterocycles. The summed E-state index contributed by atoms with van der Waals surface area (Å²) in [6.07, 6.45) is 0.886. The zero-order valence-electron chi connectivity index (χ0n) is 14.7. The van der Waals surface area contributed by atoms with Crippen molar-refractivity contribution in [2.45, 2.75) is 13.3 Å². The maximum absolute atomic E-state index is 11.7. The third kappa shape index (κ3) is 2.81. The molecule has 0 atom stereocenters. The monoisotopic (exact) mass is 352 g/mol. The summed E-state index contributed by atoms with van der Waals surface area (Å²) in [6, 6.07) is 11.6. The molecule has 4 rings (SSSR count). The summed E-state index contributed by atoms with van der Waals surface area (Å²) in [5.74, 6) is 0.652. The van der Waals surface area contributed by atoms with Gasteiger partial charge in [-0.2, -0.15) is 0 Å². The Morgan fingerprint density at radius 3 is 2.58 bits per heavy atom. The lowest BCUT2D eigenvalue weighted by Gasteiger charge is -2.26. The van der Waals surface area contributed by atoms with E-state index in [-0.39, 0.29) is 18.4 Å². The van der Waals surface area contributed by atoms with Crippen molar-refractivity contribution in [2.24, 2.45) is 0 Å². The first kappa shape index (κ1) is 16.3. The number of ether oxygens (including phenoxy) is 1. The summed E-state index contributed by atoms with van der Waals surface area (Å²) in [4.78, 5) is 26.8. The third-order valence-electron chi connectivity index (χ3n) is 4.76. The van der Waals surface area contributed by atoms with Crippen molar-refractivity contribution in [3.63, 3.8) is 0 Å². The van der Waals surface area contributed by atoms with Crippen LogP contribution in [0.4, 0.5) is 22.7 Å². The molecule has 2 aliphatic heterocycles. The van der Waals surface area contributed by atoms with Gasteiger partial charge >= 0.3 is 0 Å². The molecule has 2 amide bonds. The van der Waals surface area contributed by atoms with Crippen LogP contribution in [0.15, 0.2) is 36.4 Å². The van der Waals surface area contributed by atoms with Crippen LogP contribution in [0.1, 0.15) is 12.5 Å². The van der Waals surface area contributed by atoms with Gasteiger partial charge < -0.3 is 25.4 Å². The SMILES string of the molecule is CC(=O)N1CCc2ccc(NNc3ccc4c(c3)OCC(=O)N4C)cc21. The van der Waals surface area contributed by atoms with E-state index in [0.29, 0.717) is 5.75 Å². The molecule has 0 aromatic heterocycles. The van der Waals surface area contributed by atoms with Crippen molar-refractivity contribution < 1.29 is 14.3 Å². The lowest BCUT2D eigenvalue weighted by atomic mass is 10.1. The maximum atomic E-state index is 11.7. The smallest absolute Gasteiger partial charge is 0.264 e. The van der Waals surface area contributed by atoms with Crippen molar-refractivity contribution >= 4 is 34.6 Å². The molecule has 2 aliphatic rings. The van der Waals surface area contributed by atoms with Gasteiger partial charge in [0, 0.05) is 32.3 Å². The molecule has 0 saturated heterocycles. The molecule has 0 aliphatic carbocycles. The molecule has 0 radical (unpaired) electrons. The topological polar surface area (TPSA) is 73.9 Å². The van der Waals surface area contributed by atoms with Crippen LogP contribution in [0.25, 0.3) is 0 Å². The van der Waals surface area contributed by atoms with Crippen LogP contribution in [-0.4, -0.2) is 32.0 Å². The van der Waals surface area contributed by atoms with E-state index in [9.17, 15) is 9.59 Å². The normalized spacial score (nSPS) is 15.2.